The van der Waals surface area contributed by atoms with Crippen LogP contribution in [0.2, 0.25) is 0 Å². The second kappa shape index (κ2) is 7.14. The van der Waals surface area contributed by atoms with Crippen molar-refractivity contribution < 1.29 is 4.74 Å². The van der Waals surface area contributed by atoms with E-state index in [1.54, 1.807) is 0 Å². The summed E-state index contributed by atoms with van der Waals surface area (Å²) in [5, 5.41) is 0. The van der Waals surface area contributed by atoms with Gasteiger partial charge in [0.05, 0.1) is 5.69 Å². The van der Waals surface area contributed by atoms with Gasteiger partial charge in [0, 0.05) is 0 Å². The van der Waals surface area contributed by atoms with E-state index in [-0.39, 0.29) is 0 Å². The van der Waals surface area contributed by atoms with Gasteiger partial charge in [0.2, 0.25) is 0 Å². The number of ether oxygens (including phenoxy) is 1. The van der Waals surface area contributed by atoms with Gasteiger partial charge in [-0.2, -0.15) is 0 Å². The van der Waals surface area contributed by atoms with Gasteiger partial charge in [0.25, 0.3) is 0 Å². The van der Waals surface area contributed by atoms with E-state index in [0.717, 1.165) is 34.7 Å². The van der Waals surface area contributed by atoms with E-state index in [1.165, 1.54) is 11.1 Å². The average Bonchev–Trinajstić information content (AvgIpc) is 2.57. The summed E-state index contributed by atoms with van der Waals surface area (Å²) in [6.45, 7) is 7.66. The van der Waals surface area contributed by atoms with Crippen molar-refractivity contribution >= 4 is 12.4 Å². The minimum atomic E-state index is 0.827. The summed E-state index contributed by atoms with van der Waals surface area (Å²) in [6, 6.07) is 22.7. The zero-order chi connectivity index (χ0) is 16.9. The molecular formula is C22H21NO. The van der Waals surface area contributed by atoms with Gasteiger partial charge in [-0.15, -0.1) is 0 Å². The Morgan fingerprint density at radius 2 is 1.38 bits per heavy atom. The Hall–Kier alpha value is -2.87. The Morgan fingerprint density at radius 3 is 1.96 bits per heavy atom. The first-order valence-corrected chi connectivity index (χ1v) is 8.04. The number of hydrogen-bond acceptors (Lipinski definition) is 2. The number of hydrogen-bond donors (Lipinski definition) is 0. The molecule has 0 unspecified atom stereocenters. The van der Waals surface area contributed by atoms with Gasteiger partial charge < -0.3 is 4.74 Å². The van der Waals surface area contributed by atoms with Crippen molar-refractivity contribution in [3.63, 3.8) is 0 Å². The molecule has 3 aromatic rings. The normalized spacial score (nSPS) is 10.4. The van der Waals surface area contributed by atoms with Gasteiger partial charge >= 0.3 is 0 Å². The molecule has 0 spiro atoms. The highest BCUT2D eigenvalue weighted by molar-refractivity contribution is 5.59. The highest BCUT2D eigenvalue weighted by Crippen LogP contribution is 2.31. The molecule has 0 aliphatic heterocycles. The minimum absolute atomic E-state index is 0.827. The zero-order valence-corrected chi connectivity index (χ0v) is 14.1. The average molecular weight is 315 g/mol. The summed E-state index contributed by atoms with van der Waals surface area (Å²) < 4.78 is 5.98. The summed E-state index contributed by atoms with van der Waals surface area (Å²) >= 11 is 0. The highest BCUT2D eigenvalue weighted by Gasteiger charge is 2.05. The first-order valence-electron chi connectivity index (χ1n) is 8.04. The van der Waals surface area contributed by atoms with Crippen molar-refractivity contribution in [2.75, 3.05) is 0 Å². The molecule has 3 rings (SSSR count). The SMILES string of the molecule is C=Nc1c(C)cc(Oc2ccc(Cc3ccccc3)cc2)cc1C. The lowest BCUT2D eigenvalue weighted by atomic mass is 10.1. The summed E-state index contributed by atoms with van der Waals surface area (Å²) in [5.74, 6) is 1.66. The molecule has 0 radical (unpaired) electrons. The molecule has 0 atom stereocenters. The van der Waals surface area contributed by atoms with E-state index < -0.39 is 0 Å². The maximum absolute atomic E-state index is 5.98. The molecule has 120 valence electrons. The number of nitrogens with zero attached hydrogens (tertiary/aromatic N) is 1. The van der Waals surface area contributed by atoms with Gasteiger partial charge in [0.1, 0.15) is 11.5 Å². The van der Waals surface area contributed by atoms with Crippen LogP contribution < -0.4 is 4.74 Å². The zero-order valence-electron chi connectivity index (χ0n) is 14.1. The number of rotatable bonds is 5. The molecule has 0 amide bonds. The van der Waals surface area contributed by atoms with E-state index >= 15 is 0 Å². The second-order valence-corrected chi connectivity index (χ2v) is 5.97. The smallest absolute Gasteiger partial charge is 0.128 e. The van der Waals surface area contributed by atoms with Crippen molar-refractivity contribution in [1.82, 2.24) is 0 Å². The van der Waals surface area contributed by atoms with Crippen molar-refractivity contribution in [3.8, 4) is 11.5 Å². The molecule has 0 saturated carbocycles. The van der Waals surface area contributed by atoms with Crippen LogP contribution in [0.5, 0.6) is 11.5 Å². The fourth-order valence-corrected chi connectivity index (χ4v) is 2.87. The standard InChI is InChI=1S/C22H21NO/c1-16-13-21(14-17(2)22(16)23-3)24-20-11-9-19(10-12-20)15-18-7-5-4-6-8-18/h4-14H,3,15H2,1-2H3. The van der Waals surface area contributed by atoms with Crippen LogP contribution in [0, 0.1) is 13.8 Å². The van der Waals surface area contributed by atoms with Crippen molar-refractivity contribution in [2.45, 2.75) is 20.3 Å². The lowest BCUT2D eigenvalue weighted by Gasteiger charge is -2.11. The summed E-state index contributed by atoms with van der Waals surface area (Å²) in [5.41, 5.74) is 5.65. The number of aryl methyl sites for hydroxylation is 2. The van der Waals surface area contributed by atoms with Crippen LogP contribution in [0.3, 0.4) is 0 Å². The first kappa shape index (κ1) is 16.0. The second-order valence-electron chi connectivity index (χ2n) is 5.97. The van der Waals surface area contributed by atoms with Gasteiger partial charge in [0.15, 0.2) is 0 Å². The lowest BCUT2D eigenvalue weighted by Crippen LogP contribution is -1.90. The molecule has 0 heterocycles. The minimum Gasteiger partial charge on any atom is -0.457 e. The third-order valence-corrected chi connectivity index (χ3v) is 4.03. The molecule has 0 saturated heterocycles. The lowest BCUT2D eigenvalue weighted by molar-refractivity contribution is 0.482. The number of benzene rings is 3. The summed E-state index contributed by atoms with van der Waals surface area (Å²) in [4.78, 5) is 4.06. The van der Waals surface area contributed by atoms with Crippen LogP contribution in [-0.4, -0.2) is 6.72 Å². The third kappa shape index (κ3) is 3.72. The quantitative estimate of drug-likeness (QED) is 0.528. The van der Waals surface area contributed by atoms with E-state index in [0.29, 0.717) is 0 Å². The van der Waals surface area contributed by atoms with Gasteiger partial charge in [-0.05, 0) is 73.5 Å². The summed E-state index contributed by atoms with van der Waals surface area (Å²) in [6.07, 6.45) is 0.930. The predicted octanol–water partition coefficient (Wildman–Crippen LogP) is 6.02. The molecule has 3 aromatic carbocycles. The Morgan fingerprint density at radius 1 is 0.792 bits per heavy atom. The Labute approximate surface area is 143 Å². The van der Waals surface area contributed by atoms with Crippen LogP contribution >= 0.6 is 0 Å². The first-order chi connectivity index (χ1) is 11.7. The molecule has 0 N–H and O–H groups in total. The topological polar surface area (TPSA) is 21.6 Å². The molecule has 0 aliphatic carbocycles. The van der Waals surface area contributed by atoms with Crippen molar-refractivity contribution in [2.24, 2.45) is 4.99 Å². The van der Waals surface area contributed by atoms with Crippen molar-refractivity contribution in [1.29, 1.82) is 0 Å². The molecule has 0 aliphatic rings. The molecular weight excluding hydrogens is 294 g/mol. The van der Waals surface area contributed by atoms with E-state index in [2.05, 4.69) is 48.1 Å². The van der Waals surface area contributed by atoms with Gasteiger partial charge in [-0.25, -0.2) is 0 Å². The van der Waals surface area contributed by atoms with Crippen LogP contribution in [0.4, 0.5) is 5.69 Å². The fraction of sp³-hybridized carbons (Fsp3) is 0.136. The third-order valence-electron chi connectivity index (χ3n) is 4.03. The van der Waals surface area contributed by atoms with Crippen LogP contribution in [-0.2, 0) is 6.42 Å². The van der Waals surface area contributed by atoms with Gasteiger partial charge in [-0.1, -0.05) is 42.5 Å². The van der Waals surface area contributed by atoms with Crippen LogP contribution in [0.25, 0.3) is 0 Å². The fourth-order valence-electron chi connectivity index (χ4n) is 2.87. The largest absolute Gasteiger partial charge is 0.457 e. The van der Waals surface area contributed by atoms with E-state index in [4.69, 9.17) is 4.74 Å². The molecule has 2 nitrogen and oxygen atoms in total. The van der Waals surface area contributed by atoms with Crippen LogP contribution in [0.15, 0.2) is 71.7 Å². The Bertz CT molecular complexity index is 813. The molecule has 2 heteroatoms. The monoisotopic (exact) mass is 315 g/mol. The number of aliphatic imine (C=N–C) groups is 1. The molecule has 24 heavy (non-hydrogen) atoms. The molecule has 0 aromatic heterocycles. The van der Waals surface area contributed by atoms with Crippen molar-refractivity contribution in [3.05, 3.63) is 89.0 Å². The maximum atomic E-state index is 5.98. The van der Waals surface area contributed by atoms with Gasteiger partial charge in [-0.3, -0.25) is 4.99 Å². The Kier molecular flexibility index (Phi) is 4.76. The Balaban J connectivity index is 1.74. The van der Waals surface area contributed by atoms with E-state index in [1.807, 2.05) is 44.2 Å². The van der Waals surface area contributed by atoms with E-state index in [9.17, 15) is 0 Å². The van der Waals surface area contributed by atoms with Crippen LogP contribution in [0.1, 0.15) is 22.3 Å². The highest BCUT2D eigenvalue weighted by atomic mass is 16.5. The molecule has 0 fully saturated rings. The summed E-state index contributed by atoms with van der Waals surface area (Å²) in [7, 11) is 0. The molecule has 0 bridgehead atoms. The predicted molar refractivity (Wildman–Crippen MR) is 101 cm³/mol. The maximum Gasteiger partial charge on any atom is 0.128 e.